The summed E-state index contributed by atoms with van der Waals surface area (Å²) in [5.41, 5.74) is 1.39. The molecule has 2 rings (SSSR count). The third kappa shape index (κ3) is 2.50. The van der Waals surface area contributed by atoms with Gasteiger partial charge in [0, 0.05) is 22.9 Å². The van der Waals surface area contributed by atoms with Crippen molar-refractivity contribution in [2.45, 2.75) is 26.4 Å². The third-order valence-electron chi connectivity index (χ3n) is 1.92. The molecule has 0 radical (unpaired) electrons. The van der Waals surface area contributed by atoms with Crippen molar-refractivity contribution in [2.24, 2.45) is 0 Å². The topological polar surface area (TPSA) is 35.0 Å². The highest BCUT2D eigenvalue weighted by molar-refractivity contribution is 9.10. The van der Waals surface area contributed by atoms with Crippen molar-refractivity contribution < 1.29 is 4.74 Å². The number of rotatable bonds is 1. The highest BCUT2D eigenvalue weighted by Crippen LogP contribution is 2.26. The zero-order valence-electron chi connectivity index (χ0n) is 9.49. The van der Waals surface area contributed by atoms with E-state index in [9.17, 15) is 0 Å². The Labute approximate surface area is 103 Å². The number of hydrogen-bond donors (Lipinski definition) is 0. The van der Waals surface area contributed by atoms with E-state index in [0.717, 1.165) is 21.3 Å². The van der Waals surface area contributed by atoms with Crippen LogP contribution in [0, 0.1) is 0 Å². The van der Waals surface area contributed by atoms with Gasteiger partial charge in [0.2, 0.25) is 0 Å². The van der Waals surface area contributed by atoms with Crippen LogP contribution in [0.3, 0.4) is 0 Å². The van der Waals surface area contributed by atoms with E-state index in [4.69, 9.17) is 4.74 Å². The molecule has 0 saturated carbocycles. The molecule has 2 heterocycles. The lowest BCUT2D eigenvalue weighted by molar-refractivity contribution is 0.133. The number of pyridine rings is 2. The second-order valence-electron chi connectivity index (χ2n) is 4.54. The molecule has 3 nitrogen and oxygen atoms in total. The van der Waals surface area contributed by atoms with Crippen molar-refractivity contribution in [3.63, 3.8) is 0 Å². The second kappa shape index (κ2) is 4.01. The Morgan fingerprint density at radius 1 is 1.25 bits per heavy atom. The molecule has 0 atom stereocenters. The lowest BCUT2D eigenvalue weighted by Crippen LogP contribution is -2.23. The summed E-state index contributed by atoms with van der Waals surface area (Å²) < 4.78 is 6.75. The Bertz CT molecular complexity index is 520. The molecule has 0 aromatic carbocycles. The van der Waals surface area contributed by atoms with E-state index in [1.807, 2.05) is 32.9 Å². The van der Waals surface area contributed by atoms with Crippen molar-refractivity contribution in [2.75, 3.05) is 0 Å². The number of halogens is 1. The summed E-state index contributed by atoms with van der Waals surface area (Å²) in [6.07, 6.45) is 3.48. The highest BCUT2D eigenvalue weighted by Gasteiger charge is 2.14. The molecular weight excluding hydrogens is 268 g/mol. The number of aromatic nitrogens is 2. The Balaban J connectivity index is 2.54. The first-order valence-electron chi connectivity index (χ1n) is 5.05. The van der Waals surface area contributed by atoms with Crippen LogP contribution in [-0.4, -0.2) is 15.6 Å². The monoisotopic (exact) mass is 280 g/mol. The standard InChI is InChI=1S/C12H13BrN2O/c1-12(2,3)16-10-4-5-14-9-6-8(13)7-15-11(9)10/h4-7H,1-3H3. The van der Waals surface area contributed by atoms with E-state index >= 15 is 0 Å². The summed E-state index contributed by atoms with van der Waals surface area (Å²) in [7, 11) is 0. The molecule has 2 aromatic heterocycles. The molecule has 0 spiro atoms. The van der Waals surface area contributed by atoms with Gasteiger partial charge in [0.15, 0.2) is 0 Å². The lowest BCUT2D eigenvalue weighted by Gasteiger charge is -2.21. The average Bonchev–Trinajstić information content (AvgIpc) is 2.15. The molecule has 0 amide bonds. The summed E-state index contributed by atoms with van der Waals surface area (Å²) >= 11 is 3.38. The Morgan fingerprint density at radius 2 is 2.00 bits per heavy atom. The van der Waals surface area contributed by atoms with Gasteiger partial charge in [0.1, 0.15) is 16.9 Å². The first-order chi connectivity index (χ1) is 7.46. The first kappa shape index (κ1) is 11.3. The van der Waals surface area contributed by atoms with Gasteiger partial charge in [-0.3, -0.25) is 4.98 Å². The smallest absolute Gasteiger partial charge is 0.149 e. The van der Waals surface area contributed by atoms with Crippen LogP contribution in [0.5, 0.6) is 5.75 Å². The van der Waals surface area contributed by atoms with Crippen LogP contribution in [0.15, 0.2) is 29.0 Å². The largest absolute Gasteiger partial charge is 0.486 e. The van der Waals surface area contributed by atoms with Crippen molar-refractivity contribution in [3.8, 4) is 5.75 Å². The molecule has 0 bridgehead atoms. The summed E-state index contributed by atoms with van der Waals surface area (Å²) in [6.45, 7) is 6.04. The minimum Gasteiger partial charge on any atom is -0.486 e. The number of fused-ring (bicyclic) bond motifs is 1. The molecule has 0 unspecified atom stereocenters. The van der Waals surface area contributed by atoms with Crippen molar-refractivity contribution in [3.05, 3.63) is 29.0 Å². The van der Waals surface area contributed by atoms with E-state index in [1.165, 1.54) is 0 Å². The minimum atomic E-state index is -0.233. The van der Waals surface area contributed by atoms with E-state index in [1.54, 1.807) is 12.4 Å². The van der Waals surface area contributed by atoms with Crippen molar-refractivity contribution in [1.82, 2.24) is 9.97 Å². The summed E-state index contributed by atoms with van der Waals surface area (Å²) in [6, 6.07) is 3.77. The van der Waals surface area contributed by atoms with E-state index in [2.05, 4.69) is 25.9 Å². The zero-order chi connectivity index (χ0) is 11.8. The summed E-state index contributed by atoms with van der Waals surface area (Å²) in [4.78, 5) is 8.59. The fourth-order valence-corrected chi connectivity index (χ4v) is 1.71. The Morgan fingerprint density at radius 3 is 2.69 bits per heavy atom. The maximum absolute atomic E-state index is 5.84. The van der Waals surface area contributed by atoms with E-state index < -0.39 is 0 Å². The quantitative estimate of drug-likeness (QED) is 0.801. The van der Waals surface area contributed by atoms with Crippen LogP contribution in [0.2, 0.25) is 0 Å². The molecule has 16 heavy (non-hydrogen) atoms. The second-order valence-corrected chi connectivity index (χ2v) is 5.46. The van der Waals surface area contributed by atoms with Gasteiger partial charge in [-0.15, -0.1) is 0 Å². The fourth-order valence-electron chi connectivity index (χ4n) is 1.39. The van der Waals surface area contributed by atoms with Crippen LogP contribution in [-0.2, 0) is 0 Å². The normalized spacial score (nSPS) is 11.8. The first-order valence-corrected chi connectivity index (χ1v) is 5.84. The van der Waals surface area contributed by atoms with Gasteiger partial charge in [-0.1, -0.05) is 0 Å². The predicted molar refractivity (Wildman–Crippen MR) is 67.6 cm³/mol. The molecule has 0 aliphatic rings. The van der Waals surface area contributed by atoms with Gasteiger partial charge in [0.25, 0.3) is 0 Å². The Hall–Kier alpha value is -1.16. The maximum atomic E-state index is 5.84. The van der Waals surface area contributed by atoms with Crippen molar-refractivity contribution >= 4 is 27.0 Å². The molecule has 4 heteroatoms. The number of nitrogens with zero attached hydrogens (tertiary/aromatic N) is 2. The summed E-state index contributed by atoms with van der Waals surface area (Å²) in [5, 5.41) is 0. The average molecular weight is 281 g/mol. The molecule has 0 aliphatic heterocycles. The Kier molecular flexibility index (Phi) is 2.84. The van der Waals surface area contributed by atoms with Gasteiger partial charge in [-0.25, -0.2) is 4.98 Å². The molecule has 0 N–H and O–H groups in total. The molecule has 84 valence electrons. The van der Waals surface area contributed by atoms with Gasteiger partial charge in [-0.05, 0) is 42.8 Å². The van der Waals surface area contributed by atoms with Gasteiger partial charge < -0.3 is 4.74 Å². The minimum absolute atomic E-state index is 0.233. The lowest BCUT2D eigenvalue weighted by atomic mass is 10.2. The van der Waals surface area contributed by atoms with Crippen LogP contribution < -0.4 is 4.74 Å². The SMILES string of the molecule is CC(C)(C)Oc1ccnc2cc(Br)cnc12. The predicted octanol–water partition coefficient (Wildman–Crippen LogP) is 3.57. The van der Waals surface area contributed by atoms with E-state index in [-0.39, 0.29) is 5.60 Å². The van der Waals surface area contributed by atoms with Crippen molar-refractivity contribution in [1.29, 1.82) is 0 Å². The highest BCUT2D eigenvalue weighted by atomic mass is 79.9. The molecule has 0 aliphatic carbocycles. The van der Waals surface area contributed by atoms with Crippen LogP contribution >= 0.6 is 15.9 Å². The fraction of sp³-hybridized carbons (Fsp3) is 0.333. The molecule has 2 aromatic rings. The molecular formula is C12H13BrN2O. The van der Waals surface area contributed by atoms with Crippen LogP contribution in [0.1, 0.15) is 20.8 Å². The zero-order valence-corrected chi connectivity index (χ0v) is 11.1. The van der Waals surface area contributed by atoms with Gasteiger partial charge >= 0.3 is 0 Å². The number of hydrogen-bond acceptors (Lipinski definition) is 3. The molecule has 0 fully saturated rings. The van der Waals surface area contributed by atoms with Crippen LogP contribution in [0.25, 0.3) is 11.0 Å². The third-order valence-corrected chi connectivity index (χ3v) is 2.36. The van der Waals surface area contributed by atoms with Gasteiger partial charge in [-0.2, -0.15) is 0 Å². The summed E-state index contributed by atoms with van der Waals surface area (Å²) in [5.74, 6) is 0.769. The van der Waals surface area contributed by atoms with E-state index in [0.29, 0.717) is 0 Å². The van der Waals surface area contributed by atoms with Gasteiger partial charge in [0.05, 0.1) is 5.52 Å². The maximum Gasteiger partial charge on any atom is 0.149 e. The number of ether oxygens (including phenoxy) is 1. The molecule has 0 saturated heterocycles. The van der Waals surface area contributed by atoms with Crippen LogP contribution in [0.4, 0.5) is 0 Å².